The molecule has 1 nitrogen and oxygen atoms in total. The molecule has 0 saturated carbocycles. The normalized spacial score (nSPS) is 14.2. The number of nitrogens with two attached hydrogens (primary N) is 1. The fraction of sp³-hybridized carbons (Fsp3) is 0.250. The summed E-state index contributed by atoms with van der Waals surface area (Å²) in [5.74, 6) is 0. The van der Waals surface area contributed by atoms with Crippen molar-refractivity contribution in [1.82, 2.24) is 0 Å². The van der Waals surface area contributed by atoms with E-state index >= 15 is 0 Å². The molecule has 0 aromatic heterocycles. The summed E-state index contributed by atoms with van der Waals surface area (Å²) < 4.78 is -1.49. The van der Waals surface area contributed by atoms with Gasteiger partial charge in [-0.25, -0.2) is 0 Å². The highest BCUT2D eigenvalue weighted by Gasteiger charge is 2.30. The molecule has 0 aliphatic rings. The van der Waals surface area contributed by atoms with E-state index in [0.29, 0.717) is 5.02 Å². The zero-order valence-corrected chi connectivity index (χ0v) is 9.50. The van der Waals surface area contributed by atoms with E-state index in [1.165, 1.54) is 0 Å². The van der Waals surface area contributed by atoms with Gasteiger partial charge in [-0.1, -0.05) is 58.5 Å². The largest absolute Gasteiger partial charge is 0.320 e. The van der Waals surface area contributed by atoms with Crippen molar-refractivity contribution in [3.63, 3.8) is 0 Å². The second-order valence-corrected chi connectivity index (χ2v) is 5.38. The second-order valence-electron chi connectivity index (χ2n) is 2.57. The maximum atomic E-state index is 5.69. The van der Waals surface area contributed by atoms with Crippen LogP contribution in [-0.2, 0) is 0 Å². The highest BCUT2D eigenvalue weighted by molar-refractivity contribution is 6.68. The number of rotatable bonds is 1. The van der Waals surface area contributed by atoms with Gasteiger partial charge in [-0.3, -0.25) is 0 Å². The third-order valence-electron chi connectivity index (χ3n) is 1.58. The van der Waals surface area contributed by atoms with E-state index in [1.54, 1.807) is 24.3 Å². The Hall–Kier alpha value is 0.340. The number of alkyl halides is 3. The molecule has 1 atom stereocenters. The van der Waals surface area contributed by atoms with Crippen LogP contribution in [0.5, 0.6) is 0 Å². The van der Waals surface area contributed by atoms with E-state index < -0.39 is 9.83 Å². The Morgan fingerprint density at radius 2 is 1.54 bits per heavy atom. The molecule has 0 saturated heterocycles. The summed E-state index contributed by atoms with van der Waals surface area (Å²) in [5.41, 5.74) is 6.42. The van der Waals surface area contributed by atoms with Crippen LogP contribution in [0, 0.1) is 0 Å². The van der Waals surface area contributed by atoms with Gasteiger partial charge < -0.3 is 5.73 Å². The van der Waals surface area contributed by atoms with E-state index in [9.17, 15) is 0 Å². The van der Waals surface area contributed by atoms with Crippen LogP contribution in [0.1, 0.15) is 11.6 Å². The molecule has 0 fully saturated rings. The van der Waals surface area contributed by atoms with Crippen LogP contribution in [0.2, 0.25) is 5.02 Å². The Bertz CT molecular complexity index is 277. The van der Waals surface area contributed by atoms with Crippen molar-refractivity contribution < 1.29 is 0 Å². The zero-order chi connectivity index (χ0) is 10.1. The van der Waals surface area contributed by atoms with Crippen molar-refractivity contribution in [1.29, 1.82) is 0 Å². The molecule has 13 heavy (non-hydrogen) atoms. The SMILES string of the molecule is NC(c1ccc(Cl)cc1)C(Cl)(Cl)Cl. The lowest BCUT2D eigenvalue weighted by Gasteiger charge is -2.20. The number of benzene rings is 1. The third kappa shape index (κ3) is 3.19. The first-order chi connectivity index (χ1) is 5.91. The number of hydrogen-bond acceptors (Lipinski definition) is 1. The average Bonchev–Trinajstić information content (AvgIpc) is 2.03. The third-order valence-corrected chi connectivity index (χ3v) is 2.54. The van der Waals surface area contributed by atoms with Gasteiger partial charge in [0, 0.05) is 5.02 Å². The Morgan fingerprint density at radius 1 is 1.08 bits per heavy atom. The van der Waals surface area contributed by atoms with Crippen LogP contribution in [0.4, 0.5) is 0 Å². The number of halogens is 4. The van der Waals surface area contributed by atoms with Gasteiger partial charge in [0.2, 0.25) is 3.79 Å². The predicted molar refractivity (Wildman–Crippen MR) is 58.7 cm³/mol. The summed E-state index contributed by atoms with van der Waals surface area (Å²) in [5, 5.41) is 0.625. The van der Waals surface area contributed by atoms with Crippen LogP contribution in [-0.4, -0.2) is 3.79 Å². The van der Waals surface area contributed by atoms with E-state index in [-0.39, 0.29) is 0 Å². The molecule has 5 heteroatoms. The van der Waals surface area contributed by atoms with Gasteiger partial charge in [0.25, 0.3) is 0 Å². The minimum Gasteiger partial charge on any atom is -0.320 e. The van der Waals surface area contributed by atoms with Crippen molar-refractivity contribution in [3.8, 4) is 0 Å². The zero-order valence-electron chi connectivity index (χ0n) is 6.48. The van der Waals surface area contributed by atoms with Crippen LogP contribution in [0.15, 0.2) is 24.3 Å². The summed E-state index contributed by atoms with van der Waals surface area (Å²) >= 11 is 22.6. The van der Waals surface area contributed by atoms with Crippen LogP contribution >= 0.6 is 46.4 Å². The maximum absolute atomic E-state index is 5.69. The van der Waals surface area contributed by atoms with Crippen molar-refractivity contribution in [2.45, 2.75) is 9.83 Å². The summed E-state index contributed by atoms with van der Waals surface area (Å²) in [6.45, 7) is 0. The van der Waals surface area contributed by atoms with Gasteiger partial charge in [0.15, 0.2) is 0 Å². The van der Waals surface area contributed by atoms with Crippen LogP contribution < -0.4 is 5.73 Å². The Morgan fingerprint density at radius 3 is 1.92 bits per heavy atom. The van der Waals surface area contributed by atoms with Gasteiger partial charge in [0.05, 0.1) is 6.04 Å². The minimum absolute atomic E-state index is 0.625. The lowest BCUT2D eigenvalue weighted by atomic mass is 10.1. The fourth-order valence-electron chi connectivity index (χ4n) is 0.859. The van der Waals surface area contributed by atoms with Crippen LogP contribution in [0.25, 0.3) is 0 Å². The van der Waals surface area contributed by atoms with Crippen LogP contribution in [0.3, 0.4) is 0 Å². The van der Waals surface area contributed by atoms with Gasteiger partial charge in [-0.15, -0.1) is 0 Å². The number of hydrogen-bond donors (Lipinski definition) is 1. The molecule has 1 aromatic rings. The summed E-state index contributed by atoms with van der Waals surface area (Å²) in [6.07, 6.45) is 0. The lowest BCUT2D eigenvalue weighted by molar-refractivity contribution is 0.748. The highest BCUT2D eigenvalue weighted by atomic mass is 35.6. The van der Waals surface area contributed by atoms with E-state index in [1.807, 2.05) is 0 Å². The monoisotopic (exact) mass is 257 g/mol. The first kappa shape index (κ1) is 11.4. The smallest absolute Gasteiger partial charge is 0.209 e. The molecule has 72 valence electrons. The molecule has 1 aromatic carbocycles. The molecule has 0 radical (unpaired) electrons. The lowest BCUT2D eigenvalue weighted by Crippen LogP contribution is -2.25. The molecule has 2 N–H and O–H groups in total. The van der Waals surface area contributed by atoms with Crippen molar-refractivity contribution in [3.05, 3.63) is 34.9 Å². The Balaban J connectivity index is 2.90. The Labute approximate surface area is 96.7 Å². The van der Waals surface area contributed by atoms with Crippen molar-refractivity contribution in [2.75, 3.05) is 0 Å². The van der Waals surface area contributed by atoms with Gasteiger partial charge >= 0.3 is 0 Å². The molecule has 1 rings (SSSR count). The molecule has 1 unspecified atom stereocenters. The molecule has 0 aliphatic carbocycles. The van der Waals surface area contributed by atoms with Crippen molar-refractivity contribution in [2.24, 2.45) is 5.73 Å². The van der Waals surface area contributed by atoms with Gasteiger partial charge in [-0.05, 0) is 17.7 Å². The topological polar surface area (TPSA) is 26.0 Å². The Kier molecular flexibility index (Phi) is 3.73. The first-order valence-electron chi connectivity index (χ1n) is 3.49. The molecule has 0 amide bonds. The molecular weight excluding hydrogens is 252 g/mol. The molecule has 0 aliphatic heterocycles. The molecule has 0 spiro atoms. The minimum atomic E-state index is -1.49. The second kappa shape index (κ2) is 4.24. The maximum Gasteiger partial charge on any atom is 0.209 e. The van der Waals surface area contributed by atoms with Gasteiger partial charge in [0.1, 0.15) is 0 Å². The van der Waals surface area contributed by atoms with E-state index in [0.717, 1.165) is 5.56 Å². The fourth-order valence-corrected chi connectivity index (χ4v) is 1.36. The predicted octanol–water partition coefficient (Wildman–Crippen LogP) is 3.71. The summed E-state index contributed by atoms with van der Waals surface area (Å²) in [6, 6.07) is 6.22. The average molecular weight is 259 g/mol. The summed E-state index contributed by atoms with van der Waals surface area (Å²) in [7, 11) is 0. The van der Waals surface area contributed by atoms with E-state index in [2.05, 4.69) is 0 Å². The van der Waals surface area contributed by atoms with E-state index in [4.69, 9.17) is 52.1 Å². The standard InChI is InChI=1S/C8H7Cl4N/c9-6-3-1-5(2-4-6)7(13)8(10,11)12/h1-4,7H,13H2. The molecule has 0 bridgehead atoms. The quantitative estimate of drug-likeness (QED) is 0.764. The molecule has 0 heterocycles. The summed E-state index contributed by atoms with van der Waals surface area (Å²) in [4.78, 5) is 0. The highest BCUT2D eigenvalue weighted by Crippen LogP contribution is 2.38. The van der Waals surface area contributed by atoms with Gasteiger partial charge in [-0.2, -0.15) is 0 Å². The molecular formula is C8H7Cl4N. The van der Waals surface area contributed by atoms with Crippen molar-refractivity contribution >= 4 is 46.4 Å². The first-order valence-corrected chi connectivity index (χ1v) is 5.00.